The number of hydrogen-bond donors (Lipinski definition) is 1. The molecule has 0 bridgehead atoms. The highest BCUT2D eigenvalue weighted by molar-refractivity contribution is 5.47. The van der Waals surface area contributed by atoms with E-state index in [9.17, 15) is 0 Å². The number of aliphatic hydroxyl groups excluding tert-OH is 1. The topological polar surface area (TPSA) is 38.7 Å². The van der Waals surface area contributed by atoms with Crippen LogP contribution in [0.15, 0.2) is 12.1 Å². The van der Waals surface area contributed by atoms with Crippen LogP contribution in [0, 0.1) is 6.92 Å². The van der Waals surface area contributed by atoms with Gasteiger partial charge in [0.2, 0.25) is 0 Å². The van der Waals surface area contributed by atoms with Gasteiger partial charge >= 0.3 is 0 Å². The van der Waals surface area contributed by atoms with Crippen LogP contribution < -0.4 is 9.47 Å². The minimum atomic E-state index is 0.134. The van der Waals surface area contributed by atoms with E-state index < -0.39 is 0 Å². The average Bonchev–Trinajstić information content (AvgIpc) is 2.20. The van der Waals surface area contributed by atoms with E-state index in [1.165, 1.54) is 0 Å². The van der Waals surface area contributed by atoms with Crippen LogP contribution in [0.1, 0.15) is 11.1 Å². The van der Waals surface area contributed by atoms with Crippen LogP contribution >= 0.6 is 0 Å². The molecule has 1 aromatic carbocycles. The molecule has 0 aliphatic heterocycles. The second-order valence-corrected chi connectivity index (χ2v) is 3.10. The Morgan fingerprint density at radius 2 is 1.64 bits per heavy atom. The molecule has 14 heavy (non-hydrogen) atoms. The maximum absolute atomic E-state index is 8.83. The summed E-state index contributed by atoms with van der Waals surface area (Å²) in [5, 5.41) is 8.83. The summed E-state index contributed by atoms with van der Waals surface area (Å²) in [6.45, 7) is 2.08. The fourth-order valence-corrected chi connectivity index (χ4v) is 1.41. The number of hydrogen-bond acceptors (Lipinski definition) is 3. The molecule has 3 nitrogen and oxygen atoms in total. The van der Waals surface area contributed by atoms with Crippen molar-refractivity contribution in [2.45, 2.75) is 13.3 Å². The molecule has 0 amide bonds. The molecule has 0 radical (unpaired) electrons. The Bertz CT molecular complexity index is 282. The van der Waals surface area contributed by atoms with Crippen molar-refractivity contribution < 1.29 is 14.6 Å². The van der Waals surface area contributed by atoms with E-state index in [1.54, 1.807) is 14.2 Å². The first-order chi connectivity index (χ1) is 6.72. The van der Waals surface area contributed by atoms with Gasteiger partial charge in [-0.15, -0.1) is 0 Å². The maximum Gasteiger partial charge on any atom is 0.125 e. The molecule has 0 heterocycles. The molecule has 1 N–H and O–H groups in total. The molecular formula is C11H16O3. The molecule has 1 aromatic rings. The van der Waals surface area contributed by atoms with Crippen molar-refractivity contribution in [1.29, 1.82) is 0 Å². The molecule has 0 atom stereocenters. The zero-order chi connectivity index (χ0) is 10.6. The third-order valence-corrected chi connectivity index (χ3v) is 2.21. The Labute approximate surface area is 84.3 Å². The van der Waals surface area contributed by atoms with E-state index in [4.69, 9.17) is 14.6 Å². The van der Waals surface area contributed by atoms with Crippen LogP contribution in [0.3, 0.4) is 0 Å². The standard InChI is InChI=1S/C11H16O3/c1-8-10(13-2)6-9(4-5-12)7-11(8)14-3/h6-7,12H,4-5H2,1-3H3. The molecule has 0 unspecified atom stereocenters. The first-order valence-electron chi connectivity index (χ1n) is 4.55. The van der Waals surface area contributed by atoms with Crippen molar-refractivity contribution in [3.05, 3.63) is 23.3 Å². The van der Waals surface area contributed by atoms with E-state index in [1.807, 2.05) is 19.1 Å². The van der Waals surface area contributed by atoms with Gasteiger partial charge in [0.05, 0.1) is 14.2 Å². The summed E-state index contributed by atoms with van der Waals surface area (Å²) in [5.41, 5.74) is 2.00. The molecule has 78 valence electrons. The smallest absolute Gasteiger partial charge is 0.125 e. The highest BCUT2D eigenvalue weighted by atomic mass is 16.5. The summed E-state index contributed by atoms with van der Waals surface area (Å²) in [4.78, 5) is 0. The molecule has 0 spiro atoms. The van der Waals surface area contributed by atoms with Gasteiger partial charge < -0.3 is 14.6 Å². The number of methoxy groups -OCH3 is 2. The first-order valence-corrected chi connectivity index (χ1v) is 4.55. The van der Waals surface area contributed by atoms with E-state index in [0.29, 0.717) is 6.42 Å². The van der Waals surface area contributed by atoms with Gasteiger partial charge in [-0.25, -0.2) is 0 Å². The quantitative estimate of drug-likeness (QED) is 0.794. The van der Waals surface area contributed by atoms with Gasteiger partial charge in [0, 0.05) is 12.2 Å². The molecule has 0 saturated carbocycles. The molecule has 3 heteroatoms. The predicted molar refractivity (Wildman–Crippen MR) is 55.1 cm³/mol. The second-order valence-electron chi connectivity index (χ2n) is 3.10. The van der Waals surface area contributed by atoms with Gasteiger partial charge in [0.25, 0.3) is 0 Å². The van der Waals surface area contributed by atoms with Crippen LogP contribution in [-0.2, 0) is 6.42 Å². The number of aliphatic hydroxyl groups is 1. The Morgan fingerprint density at radius 1 is 1.14 bits per heavy atom. The van der Waals surface area contributed by atoms with Crippen LogP contribution in [0.4, 0.5) is 0 Å². The van der Waals surface area contributed by atoms with Gasteiger partial charge in [-0.1, -0.05) is 0 Å². The Balaban J connectivity index is 3.11. The fourth-order valence-electron chi connectivity index (χ4n) is 1.41. The van der Waals surface area contributed by atoms with E-state index >= 15 is 0 Å². The zero-order valence-corrected chi connectivity index (χ0v) is 8.83. The van der Waals surface area contributed by atoms with Crippen molar-refractivity contribution >= 4 is 0 Å². The van der Waals surface area contributed by atoms with Crippen molar-refractivity contribution in [3.63, 3.8) is 0 Å². The maximum atomic E-state index is 8.83. The van der Waals surface area contributed by atoms with Gasteiger partial charge in [-0.2, -0.15) is 0 Å². The number of benzene rings is 1. The van der Waals surface area contributed by atoms with Gasteiger partial charge in [0.1, 0.15) is 11.5 Å². The summed E-state index contributed by atoms with van der Waals surface area (Å²) < 4.78 is 10.4. The summed E-state index contributed by atoms with van der Waals surface area (Å²) in [6.07, 6.45) is 0.618. The molecule has 0 aliphatic carbocycles. The van der Waals surface area contributed by atoms with Crippen LogP contribution in [0.2, 0.25) is 0 Å². The molecule has 0 saturated heterocycles. The average molecular weight is 196 g/mol. The summed E-state index contributed by atoms with van der Waals surface area (Å²) in [5.74, 6) is 1.60. The highest BCUT2D eigenvalue weighted by Gasteiger charge is 2.07. The number of ether oxygens (including phenoxy) is 2. The zero-order valence-electron chi connectivity index (χ0n) is 8.83. The molecule has 1 rings (SSSR count). The van der Waals surface area contributed by atoms with E-state index in [-0.39, 0.29) is 6.61 Å². The second kappa shape index (κ2) is 4.86. The van der Waals surface area contributed by atoms with Crippen molar-refractivity contribution in [2.24, 2.45) is 0 Å². The lowest BCUT2D eigenvalue weighted by molar-refractivity contribution is 0.299. The normalized spacial score (nSPS) is 10.0. The van der Waals surface area contributed by atoms with Crippen LogP contribution in [0.25, 0.3) is 0 Å². The van der Waals surface area contributed by atoms with Gasteiger partial charge in [-0.3, -0.25) is 0 Å². The molecular weight excluding hydrogens is 180 g/mol. The SMILES string of the molecule is COc1cc(CCO)cc(OC)c1C. The third-order valence-electron chi connectivity index (χ3n) is 2.21. The fraction of sp³-hybridized carbons (Fsp3) is 0.455. The predicted octanol–water partition coefficient (Wildman–Crippen LogP) is 1.55. The van der Waals surface area contributed by atoms with Crippen molar-refractivity contribution in [1.82, 2.24) is 0 Å². The van der Waals surface area contributed by atoms with Crippen LogP contribution in [-0.4, -0.2) is 25.9 Å². The third kappa shape index (κ3) is 2.17. The lowest BCUT2D eigenvalue weighted by atomic mass is 10.1. The van der Waals surface area contributed by atoms with Crippen molar-refractivity contribution in [2.75, 3.05) is 20.8 Å². The minimum absolute atomic E-state index is 0.134. The monoisotopic (exact) mass is 196 g/mol. The summed E-state index contributed by atoms with van der Waals surface area (Å²) in [7, 11) is 3.26. The highest BCUT2D eigenvalue weighted by Crippen LogP contribution is 2.29. The molecule has 0 aromatic heterocycles. The van der Waals surface area contributed by atoms with Crippen molar-refractivity contribution in [3.8, 4) is 11.5 Å². The van der Waals surface area contributed by atoms with Gasteiger partial charge in [0.15, 0.2) is 0 Å². The van der Waals surface area contributed by atoms with Gasteiger partial charge in [-0.05, 0) is 31.0 Å². The Kier molecular flexibility index (Phi) is 3.77. The molecule has 0 fully saturated rings. The summed E-state index contributed by atoms with van der Waals surface area (Å²) >= 11 is 0. The number of rotatable bonds is 4. The molecule has 0 aliphatic rings. The summed E-state index contributed by atoms with van der Waals surface area (Å²) in [6, 6.07) is 3.85. The Morgan fingerprint density at radius 3 is 2.00 bits per heavy atom. The van der Waals surface area contributed by atoms with E-state index in [0.717, 1.165) is 22.6 Å². The minimum Gasteiger partial charge on any atom is -0.496 e. The lowest BCUT2D eigenvalue weighted by Gasteiger charge is -2.11. The largest absolute Gasteiger partial charge is 0.496 e. The first kappa shape index (κ1) is 10.9. The Hall–Kier alpha value is -1.22. The lowest BCUT2D eigenvalue weighted by Crippen LogP contribution is -1.97. The van der Waals surface area contributed by atoms with E-state index in [2.05, 4.69) is 0 Å². The van der Waals surface area contributed by atoms with Crippen LogP contribution in [0.5, 0.6) is 11.5 Å².